The van der Waals surface area contributed by atoms with Gasteiger partial charge in [0.05, 0.1) is 22.4 Å². The second kappa shape index (κ2) is 5.83. The highest BCUT2D eigenvalue weighted by Gasteiger charge is 2.59. The molecule has 3 rings (SSSR count). The van der Waals surface area contributed by atoms with Gasteiger partial charge >= 0.3 is 6.18 Å². The first-order chi connectivity index (χ1) is 11.2. The van der Waals surface area contributed by atoms with Crippen LogP contribution in [0.2, 0.25) is 5.02 Å². The van der Waals surface area contributed by atoms with Crippen LogP contribution in [0, 0.1) is 18.3 Å². The lowest BCUT2D eigenvalue weighted by Gasteiger charge is -2.21. The van der Waals surface area contributed by atoms with Crippen molar-refractivity contribution in [2.24, 2.45) is 4.99 Å². The van der Waals surface area contributed by atoms with Gasteiger partial charge in [-0.25, -0.2) is 0 Å². The maximum Gasteiger partial charge on any atom is 0.427 e. The minimum atomic E-state index is -4.61. The molecule has 2 saturated heterocycles. The summed E-state index contributed by atoms with van der Waals surface area (Å²) in [7, 11) is 0. The van der Waals surface area contributed by atoms with Crippen LogP contribution in [-0.2, 0) is 4.74 Å². The number of ether oxygens (including phenoxy) is 1. The molecule has 0 radical (unpaired) electrons. The fourth-order valence-electron chi connectivity index (χ4n) is 2.97. The first-order valence-corrected chi connectivity index (χ1v) is 7.58. The van der Waals surface area contributed by atoms with Gasteiger partial charge in [0, 0.05) is 6.54 Å². The quantitative estimate of drug-likeness (QED) is 0.837. The molecule has 0 bridgehead atoms. The standard InChI is InChI=1S/C15H13ClF3N3O2/c1-7-9(3-2-8(6-20)11(7)16)21-14-22-5-4-10(23)12(22)13(24-14)15(17,18)19/h2-3,10,12-13,23H,4-5H2,1H3/b21-14-. The molecule has 2 heterocycles. The third kappa shape index (κ3) is 2.68. The van der Waals surface area contributed by atoms with Crippen LogP contribution in [0.15, 0.2) is 17.1 Å². The monoisotopic (exact) mass is 359 g/mol. The van der Waals surface area contributed by atoms with Crippen LogP contribution in [-0.4, -0.2) is 47.0 Å². The van der Waals surface area contributed by atoms with Crippen molar-refractivity contribution in [2.75, 3.05) is 6.54 Å². The summed E-state index contributed by atoms with van der Waals surface area (Å²) in [6.45, 7) is 1.84. The molecule has 3 atom stereocenters. The van der Waals surface area contributed by atoms with Gasteiger partial charge in [-0.3, -0.25) is 0 Å². The summed E-state index contributed by atoms with van der Waals surface area (Å²) in [6, 6.07) is 3.48. The Labute approximate surface area is 140 Å². The Morgan fingerprint density at radius 2 is 2.17 bits per heavy atom. The first kappa shape index (κ1) is 16.9. The SMILES string of the molecule is Cc1c(/N=C2\OC(C(F)(F)F)C3C(O)CCN23)ccc(C#N)c1Cl. The molecule has 0 spiro atoms. The number of fused-ring (bicyclic) bond motifs is 1. The van der Waals surface area contributed by atoms with Crippen LogP contribution in [0.5, 0.6) is 0 Å². The zero-order valence-corrected chi connectivity index (χ0v) is 13.3. The Morgan fingerprint density at radius 3 is 2.79 bits per heavy atom. The average Bonchev–Trinajstić information content (AvgIpc) is 3.06. The third-order valence-electron chi connectivity index (χ3n) is 4.23. The summed E-state index contributed by atoms with van der Waals surface area (Å²) in [6.07, 6.45) is -7.65. The third-order valence-corrected chi connectivity index (χ3v) is 4.71. The maximum atomic E-state index is 13.2. The molecule has 1 aromatic rings. The van der Waals surface area contributed by atoms with E-state index in [-0.39, 0.29) is 29.6 Å². The van der Waals surface area contributed by atoms with Crippen molar-refractivity contribution in [1.29, 1.82) is 5.26 Å². The van der Waals surface area contributed by atoms with Gasteiger partial charge in [-0.05, 0) is 31.0 Å². The molecule has 1 aromatic carbocycles. The molecule has 0 amide bonds. The van der Waals surface area contributed by atoms with E-state index in [1.165, 1.54) is 17.0 Å². The fraction of sp³-hybridized carbons (Fsp3) is 0.467. The number of rotatable bonds is 1. The highest BCUT2D eigenvalue weighted by Crippen LogP contribution is 2.39. The number of alkyl halides is 3. The highest BCUT2D eigenvalue weighted by atomic mass is 35.5. The van der Waals surface area contributed by atoms with Gasteiger partial charge in [-0.2, -0.15) is 23.4 Å². The van der Waals surface area contributed by atoms with E-state index < -0.39 is 24.4 Å². The van der Waals surface area contributed by atoms with E-state index in [4.69, 9.17) is 21.6 Å². The van der Waals surface area contributed by atoms with E-state index >= 15 is 0 Å². The number of hydrogen-bond donors (Lipinski definition) is 1. The number of nitriles is 1. The molecular formula is C15H13ClF3N3O2. The van der Waals surface area contributed by atoms with Gasteiger partial charge in [-0.1, -0.05) is 11.6 Å². The van der Waals surface area contributed by atoms with Crippen LogP contribution in [0.1, 0.15) is 17.5 Å². The van der Waals surface area contributed by atoms with Crippen molar-refractivity contribution in [3.63, 3.8) is 0 Å². The fourth-order valence-corrected chi connectivity index (χ4v) is 3.18. The molecule has 2 aliphatic rings. The Morgan fingerprint density at radius 1 is 1.46 bits per heavy atom. The molecule has 3 unspecified atom stereocenters. The molecule has 128 valence electrons. The number of benzene rings is 1. The topological polar surface area (TPSA) is 68.8 Å². The molecule has 9 heteroatoms. The minimum Gasteiger partial charge on any atom is -0.450 e. The molecule has 24 heavy (non-hydrogen) atoms. The van der Waals surface area contributed by atoms with Crippen LogP contribution < -0.4 is 0 Å². The van der Waals surface area contributed by atoms with Crippen LogP contribution >= 0.6 is 11.6 Å². The normalized spacial score (nSPS) is 28.0. The van der Waals surface area contributed by atoms with Crippen LogP contribution in [0.25, 0.3) is 0 Å². The minimum absolute atomic E-state index is 0.192. The second-order valence-corrected chi connectivity index (χ2v) is 6.08. The summed E-state index contributed by atoms with van der Waals surface area (Å²) in [4.78, 5) is 5.48. The van der Waals surface area contributed by atoms with Gasteiger partial charge in [0.1, 0.15) is 12.1 Å². The Balaban J connectivity index is 2.00. The second-order valence-electron chi connectivity index (χ2n) is 5.70. The number of nitrogens with zero attached hydrogens (tertiary/aromatic N) is 3. The van der Waals surface area contributed by atoms with Gasteiger partial charge in [0.2, 0.25) is 6.10 Å². The summed E-state index contributed by atoms with van der Waals surface area (Å²) in [5, 5.41) is 19.0. The lowest BCUT2D eigenvalue weighted by atomic mass is 10.1. The van der Waals surface area contributed by atoms with Gasteiger partial charge in [0.15, 0.2) is 0 Å². The van der Waals surface area contributed by atoms with Gasteiger partial charge < -0.3 is 14.7 Å². The van der Waals surface area contributed by atoms with Crippen molar-refractivity contribution in [3.8, 4) is 6.07 Å². The van der Waals surface area contributed by atoms with Crippen LogP contribution in [0.3, 0.4) is 0 Å². The van der Waals surface area contributed by atoms with E-state index in [9.17, 15) is 18.3 Å². The van der Waals surface area contributed by atoms with Crippen molar-refractivity contribution >= 4 is 23.3 Å². The van der Waals surface area contributed by atoms with Gasteiger partial charge in [-0.15, -0.1) is 0 Å². The van der Waals surface area contributed by atoms with E-state index in [2.05, 4.69) is 4.99 Å². The number of aliphatic imine (C=N–C) groups is 1. The molecule has 1 N–H and O–H groups in total. The summed E-state index contributed by atoms with van der Waals surface area (Å²) in [5.41, 5.74) is 1.05. The Bertz CT molecular complexity index is 745. The molecule has 5 nitrogen and oxygen atoms in total. The molecule has 0 saturated carbocycles. The van der Waals surface area contributed by atoms with Crippen molar-refractivity contribution in [1.82, 2.24) is 4.90 Å². The highest BCUT2D eigenvalue weighted by molar-refractivity contribution is 6.32. The number of hydrogen-bond acceptors (Lipinski definition) is 4. The zero-order valence-electron chi connectivity index (χ0n) is 12.5. The molecule has 0 aromatic heterocycles. The van der Waals surface area contributed by atoms with E-state index in [1.807, 2.05) is 6.07 Å². The predicted octanol–water partition coefficient (Wildman–Crippen LogP) is 2.90. The lowest BCUT2D eigenvalue weighted by molar-refractivity contribution is -0.203. The van der Waals surface area contributed by atoms with E-state index in [0.717, 1.165) is 0 Å². The number of aliphatic hydroxyl groups is 1. The largest absolute Gasteiger partial charge is 0.450 e. The predicted molar refractivity (Wildman–Crippen MR) is 80.0 cm³/mol. The number of aliphatic hydroxyl groups excluding tert-OH is 1. The Hall–Kier alpha value is -1.98. The van der Waals surface area contributed by atoms with Crippen molar-refractivity contribution < 1.29 is 23.0 Å². The van der Waals surface area contributed by atoms with Crippen molar-refractivity contribution in [2.45, 2.75) is 37.8 Å². The summed E-state index contributed by atoms with van der Waals surface area (Å²) in [5.74, 6) is 0. The molecular weight excluding hydrogens is 347 g/mol. The van der Waals surface area contributed by atoms with E-state index in [1.54, 1.807) is 6.92 Å². The maximum absolute atomic E-state index is 13.2. The summed E-state index contributed by atoms with van der Waals surface area (Å²) >= 11 is 6.05. The lowest BCUT2D eigenvalue weighted by Crippen LogP contribution is -2.45. The molecule has 2 aliphatic heterocycles. The smallest absolute Gasteiger partial charge is 0.427 e. The number of amidine groups is 1. The van der Waals surface area contributed by atoms with Crippen LogP contribution in [0.4, 0.5) is 18.9 Å². The molecule has 2 fully saturated rings. The number of halogens is 4. The summed E-state index contributed by atoms with van der Waals surface area (Å²) < 4.78 is 44.5. The molecule has 0 aliphatic carbocycles. The first-order valence-electron chi connectivity index (χ1n) is 7.20. The Kier molecular flexibility index (Phi) is 4.10. The van der Waals surface area contributed by atoms with Gasteiger partial charge in [0.25, 0.3) is 6.02 Å². The van der Waals surface area contributed by atoms with Crippen molar-refractivity contribution in [3.05, 3.63) is 28.3 Å². The average molecular weight is 360 g/mol. The van der Waals surface area contributed by atoms with E-state index in [0.29, 0.717) is 11.3 Å². The zero-order chi connectivity index (χ0) is 17.6.